The number of halogens is 4. The Bertz CT molecular complexity index is 915. The summed E-state index contributed by atoms with van der Waals surface area (Å²) >= 11 is 5.81. The summed E-state index contributed by atoms with van der Waals surface area (Å²) in [6.07, 6.45) is -3.36. The molecule has 148 valence electrons. The number of methoxy groups -OCH3 is 1. The van der Waals surface area contributed by atoms with Crippen molar-refractivity contribution in [1.29, 1.82) is 0 Å². The summed E-state index contributed by atoms with van der Waals surface area (Å²) in [7, 11) is 1.32. The number of carbonyl (C=O) groups excluding carboxylic acids is 2. The highest BCUT2D eigenvalue weighted by molar-refractivity contribution is 6.39. The van der Waals surface area contributed by atoms with Gasteiger partial charge in [-0.1, -0.05) is 11.6 Å². The van der Waals surface area contributed by atoms with Crippen LogP contribution in [-0.4, -0.2) is 30.2 Å². The zero-order valence-corrected chi connectivity index (χ0v) is 14.9. The Balaban J connectivity index is 1.97. The summed E-state index contributed by atoms with van der Waals surface area (Å²) in [6, 6.07) is 6.31. The van der Waals surface area contributed by atoms with Gasteiger partial charge in [-0.05, 0) is 42.0 Å². The number of benzene rings is 2. The number of alkyl halides is 3. The molecule has 0 aliphatic carbocycles. The molecule has 0 fully saturated rings. The molecule has 0 heterocycles. The van der Waals surface area contributed by atoms with E-state index in [-0.39, 0.29) is 22.2 Å². The van der Waals surface area contributed by atoms with Crippen molar-refractivity contribution in [3.63, 3.8) is 0 Å². The van der Waals surface area contributed by atoms with Gasteiger partial charge in [0, 0.05) is 5.69 Å². The van der Waals surface area contributed by atoms with Crippen molar-refractivity contribution in [2.45, 2.75) is 6.18 Å². The first-order valence-electron chi connectivity index (χ1n) is 7.50. The molecule has 2 rings (SSSR count). The third kappa shape index (κ3) is 5.36. The molecule has 0 unspecified atom stereocenters. The van der Waals surface area contributed by atoms with E-state index in [2.05, 4.69) is 10.4 Å². The lowest BCUT2D eigenvalue weighted by molar-refractivity contribution is -0.137. The number of nitrogens with zero attached hydrogens (tertiary/aromatic N) is 1. The van der Waals surface area contributed by atoms with Gasteiger partial charge in [-0.15, -0.1) is 0 Å². The number of rotatable bonds is 4. The summed E-state index contributed by atoms with van der Waals surface area (Å²) in [6.45, 7) is 0. The molecule has 0 saturated carbocycles. The number of phenolic OH excluding ortho intramolecular Hbond substituents is 1. The van der Waals surface area contributed by atoms with Crippen molar-refractivity contribution >= 4 is 35.3 Å². The van der Waals surface area contributed by atoms with Gasteiger partial charge in [0.25, 0.3) is 0 Å². The molecule has 7 nitrogen and oxygen atoms in total. The van der Waals surface area contributed by atoms with Crippen LogP contribution in [0.4, 0.5) is 18.9 Å². The Kier molecular flexibility index (Phi) is 6.47. The van der Waals surface area contributed by atoms with Crippen molar-refractivity contribution in [3.05, 3.63) is 52.5 Å². The third-order valence-electron chi connectivity index (χ3n) is 3.33. The van der Waals surface area contributed by atoms with E-state index in [4.69, 9.17) is 16.3 Å². The highest BCUT2D eigenvalue weighted by atomic mass is 35.5. The van der Waals surface area contributed by atoms with E-state index in [0.717, 1.165) is 30.5 Å². The minimum Gasteiger partial charge on any atom is -0.503 e. The van der Waals surface area contributed by atoms with E-state index < -0.39 is 23.6 Å². The summed E-state index contributed by atoms with van der Waals surface area (Å²) in [5.74, 6) is -2.45. The Morgan fingerprint density at radius 1 is 1.18 bits per heavy atom. The summed E-state index contributed by atoms with van der Waals surface area (Å²) in [5.41, 5.74) is 1.43. The highest BCUT2D eigenvalue weighted by Crippen LogP contribution is 2.34. The van der Waals surface area contributed by atoms with Crippen LogP contribution < -0.4 is 15.5 Å². The largest absolute Gasteiger partial charge is 0.503 e. The molecule has 2 amide bonds. The molecule has 0 aromatic heterocycles. The zero-order valence-electron chi connectivity index (χ0n) is 14.2. The van der Waals surface area contributed by atoms with Gasteiger partial charge >= 0.3 is 18.0 Å². The van der Waals surface area contributed by atoms with E-state index in [1.54, 1.807) is 0 Å². The number of anilines is 1. The van der Waals surface area contributed by atoms with Gasteiger partial charge in [0.15, 0.2) is 11.5 Å². The van der Waals surface area contributed by atoms with Crippen LogP contribution >= 0.6 is 11.6 Å². The maximum Gasteiger partial charge on any atom is 0.416 e. The zero-order chi connectivity index (χ0) is 20.9. The lowest BCUT2D eigenvalue weighted by Gasteiger charge is -2.08. The normalized spacial score (nSPS) is 11.3. The average Bonchev–Trinajstić information content (AvgIpc) is 2.64. The van der Waals surface area contributed by atoms with E-state index in [9.17, 15) is 27.9 Å². The number of hydrazone groups is 1. The van der Waals surface area contributed by atoms with Crippen LogP contribution in [0.3, 0.4) is 0 Å². The van der Waals surface area contributed by atoms with Gasteiger partial charge in [-0.3, -0.25) is 9.59 Å². The SMILES string of the molecule is COc1cc(/C=N/NC(=O)C(=O)Nc2ccc(C(F)(F)F)cc2)cc(Cl)c1O. The smallest absolute Gasteiger partial charge is 0.416 e. The summed E-state index contributed by atoms with van der Waals surface area (Å²) < 4.78 is 42.4. The lowest BCUT2D eigenvalue weighted by atomic mass is 10.2. The van der Waals surface area contributed by atoms with Gasteiger partial charge in [-0.2, -0.15) is 18.3 Å². The lowest BCUT2D eigenvalue weighted by Crippen LogP contribution is -2.32. The van der Waals surface area contributed by atoms with Gasteiger partial charge in [0.05, 0.1) is 23.9 Å². The average molecular weight is 416 g/mol. The molecule has 3 N–H and O–H groups in total. The first-order chi connectivity index (χ1) is 13.1. The Morgan fingerprint density at radius 3 is 2.39 bits per heavy atom. The van der Waals surface area contributed by atoms with Crippen LogP contribution in [0.2, 0.25) is 5.02 Å². The van der Waals surface area contributed by atoms with Crippen LogP contribution in [0.25, 0.3) is 0 Å². The molecule has 0 bridgehead atoms. The Labute approximate surface area is 161 Å². The molecule has 11 heteroatoms. The fourth-order valence-corrected chi connectivity index (χ4v) is 2.19. The first-order valence-corrected chi connectivity index (χ1v) is 7.87. The van der Waals surface area contributed by atoms with Gasteiger partial charge < -0.3 is 15.2 Å². The Morgan fingerprint density at radius 2 is 1.82 bits per heavy atom. The second kappa shape index (κ2) is 8.61. The van der Waals surface area contributed by atoms with Crippen molar-refractivity contribution in [2.75, 3.05) is 12.4 Å². The molecule has 0 aliphatic heterocycles. The maximum absolute atomic E-state index is 12.5. The molecule has 0 aliphatic rings. The molecule has 0 radical (unpaired) electrons. The molecular weight excluding hydrogens is 403 g/mol. The van der Waals surface area contributed by atoms with Crippen LogP contribution in [0.15, 0.2) is 41.5 Å². The minimum absolute atomic E-state index is 0.00665. The monoisotopic (exact) mass is 415 g/mol. The predicted molar refractivity (Wildman–Crippen MR) is 95.5 cm³/mol. The highest BCUT2D eigenvalue weighted by Gasteiger charge is 2.30. The molecule has 0 spiro atoms. The number of aromatic hydroxyl groups is 1. The van der Waals surface area contributed by atoms with E-state index in [1.165, 1.54) is 19.2 Å². The van der Waals surface area contributed by atoms with Crippen molar-refractivity contribution in [1.82, 2.24) is 5.43 Å². The fourth-order valence-electron chi connectivity index (χ4n) is 1.97. The fraction of sp³-hybridized carbons (Fsp3) is 0.118. The number of phenols is 1. The minimum atomic E-state index is -4.51. The molecule has 0 atom stereocenters. The predicted octanol–water partition coefficient (Wildman–Crippen LogP) is 3.16. The number of ether oxygens (including phenoxy) is 1. The molecular formula is C17H13ClF3N3O4. The number of hydrogen-bond acceptors (Lipinski definition) is 5. The van der Waals surface area contributed by atoms with Crippen LogP contribution in [0, 0.1) is 0 Å². The number of carbonyl (C=O) groups is 2. The van der Waals surface area contributed by atoms with E-state index in [1.807, 2.05) is 5.43 Å². The standard InChI is InChI=1S/C17H13ClF3N3O4/c1-28-13-7-9(6-12(18)14(13)25)8-22-24-16(27)15(26)23-11-4-2-10(3-5-11)17(19,20)21/h2-8,25H,1H3,(H,23,26)(H,24,27)/b22-8+. The topological polar surface area (TPSA) is 100 Å². The van der Waals surface area contributed by atoms with Gasteiger partial charge in [-0.25, -0.2) is 5.43 Å². The van der Waals surface area contributed by atoms with E-state index in [0.29, 0.717) is 5.56 Å². The third-order valence-corrected chi connectivity index (χ3v) is 3.61. The van der Waals surface area contributed by atoms with Gasteiger partial charge in [0.2, 0.25) is 0 Å². The summed E-state index contributed by atoms with van der Waals surface area (Å²) in [5, 5.41) is 15.3. The van der Waals surface area contributed by atoms with Crippen molar-refractivity contribution < 1.29 is 32.6 Å². The first kappa shape index (κ1) is 21.0. The van der Waals surface area contributed by atoms with Gasteiger partial charge in [0.1, 0.15) is 0 Å². The van der Waals surface area contributed by atoms with E-state index >= 15 is 0 Å². The van der Waals surface area contributed by atoms with Crippen LogP contribution in [-0.2, 0) is 15.8 Å². The maximum atomic E-state index is 12.5. The quantitative estimate of drug-likeness (QED) is 0.405. The second-order valence-corrected chi connectivity index (χ2v) is 5.69. The van der Waals surface area contributed by atoms with Crippen LogP contribution in [0.1, 0.15) is 11.1 Å². The summed E-state index contributed by atoms with van der Waals surface area (Å²) in [4.78, 5) is 23.4. The second-order valence-electron chi connectivity index (χ2n) is 5.28. The number of hydrogen-bond donors (Lipinski definition) is 3. The molecule has 0 saturated heterocycles. The molecule has 2 aromatic carbocycles. The van der Waals surface area contributed by atoms with Crippen LogP contribution in [0.5, 0.6) is 11.5 Å². The number of amides is 2. The Hall–Kier alpha value is -3.27. The number of nitrogens with one attached hydrogen (secondary N) is 2. The molecule has 28 heavy (non-hydrogen) atoms. The molecule has 2 aromatic rings. The van der Waals surface area contributed by atoms with Crippen molar-refractivity contribution in [2.24, 2.45) is 5.10 Å². The van der Waals surface area contributed by atoms with Crippen molar-refractivity contribution in [3.8, 4) is 11.5 Å².